The summed E-state index contributed by atoms with van der Waals surface area (Å²) in [4.78, 5) is 10.7. The maximum atomic E-state index is 10.7. The number of hydrogen-bond donors (Lipinski definition) is 0. The average molecular weight is 148 g/mol. The van der Waals surface area contributed by atoms with Gasteiger partial charge in [0.2, 0.25) is 0 Å². The second-order valence-corrected chi connectivity index (χ2v) is 2.58. The van der Waals surface area contributed by atoms with Crippen LogP contribution in [0.1, 0.15) is 6.42 Å². The molecule has 0 atom stereocenters. The summed E-state index contributed by atoms with van der Waals surface area (Å²) < 4.78 is 4.73. The normalized spacial score (nSPS) is 9.56. The average Bonchev–Trinajstić information content (AvgIpc) is 1.85. The summed E-state index contributed by atoms with van der Waals surface area (Å²) in [5.74, 6) is 0.882. The Morgan fingerprint density at radius 2 is 2.33 bits per heavy atom. The van der Waals surface area contributed by atoms with Crippen LogP contribution in [0, 0.1) is 0 Å². The van der Waals surface area contributed by atoms with Crippen molar-refractivity contribution in [2.45, 2.75) is 6.42 Å². The lowest BCUT2D eigenvalue weighted by Crippen LogP contribution is -2.04. The van der Waals surface area contributed by atoms with E-state index in [1.165, 1.54) is 0 Å². The van der Waals surface area contributed by atoms with Crippen LogP contribution in [0.2, 0.25) is 0 Å². The smallest absolute Gasteiger partial charge is 0.145 e. The maximum Gasteiger partial charge on any atom is 0.145 e. The van der Waals surface area contributed by atoms with E-state index in [4.69, 9.17) is 4.74 Å². The van der Waals surface area contributed by atoms with E-state index in [0.29, 0.717) is 18.8 Å². The summed E-state index contributed by atoms with van der Waals surface area (Å²) in [7, 11) is 1.60. The van der Waals surface area contributed by atoms with Gasteiger partial charge in [-0.2, -0.15) is 11.8 Å². The number of carbonyl (C=O) groups excluding carboxylic acids is 1. The molecule has 0 radical (unpaired) electrons. The van der Waals surface area contributed by atoms with Gasteiger partial charge in [0.25, 0.3) is 0 Å². The summed E-state index contributed by atoms with van der Waals surface area (Å²) in [5, 5.41) is 0. The van der Waals surface area contributed by atoms with Crippen LogP contribution < -0.4 is 0 Å². The molecule has 0 bridgehead atoms. The lowest BCUT2D eigenvalue weighted by atomic mass is 10.3. The van der Waals surface area contributed by atoms with Crippen molar-refractivity contribution in [2.75, 3.05) is 25.7 Å². The molecule has 9 heavy (non-hydrogen) atoms. The van der Waals surface area contributed by atoms with Crippen molar-refractivity contribution in [3.8, 4) is 0 Å². The van der Waals surface area contributed by atoms with E-state index in [2.05, 4.69) is 0 Å². The summed E-state index contributed by atoms with van der Waals surface area (Å²) in [6.45, 7) is 0.555. The van der Waals surface area contributed by atoms with Gasteiger partial charge >= 0.3 is 0 Å². The zero-order valence-electron chi connectivity index (χ0n) is 5.85. The minimum atomic E-state index is 0.268. The quantitative estimate of drug-likeness (QED) is 0.580. The van der Waals surface area contributed by atoms with Crippen molar-refractivity contribution in [1.82, 2.24) is 0 Å². The fourth-order valence-corrected chi connectivity index (χ4v) is 0.915. The van der Waals surface area contributed by atoms with Crippen molar-refractivity contribution in [3.63, 3.8) is 0 Å². The van der Waals surface area contributed by atoms with E-state index in [-0.39, 0.29) is 5.78 Å². The SMILES string of the molecule is COCCC(=O)CSC. The monoisotopic (exact) mass is 148 g/mol. The van der Waals surface area contributed by atoms with Crippen molar-refractivity contribution in [3.05, 3.63) is 0 Å². The van der Waals surface area contributed by atoms with Gasteiger partial charge in [-0.05, 0) is 6.26 Å². The van der Waals surface area contributed by atoms with Crippen LogP contribution in [0.15, 0.2) is 0 Å². The van der Waals surface area contributed by atoms with Gasteiger partial charge in [0, 0.05) is 13.5 Å². The minimum absolute atomic E-state index is 0.268. The Balaban J connectivity index is 3.06. The minimum Gasteiger partial charge on any atom is -0.384 e. The van der Waals surface area contributed by atoms with Crippen LogP contribution in [-0.4, -0.2) is 31.5 Å². The molecule has 0 aromatic carbocycles. The van der Waals surface area contributed by atoms with Gasteiger partial charge in [0.05, 0.1) is 12.4 Å². The zero-order chi connectivity index (χ0) is 7.11. The molecule has 3 heteroatoms. The van der Waals surface area contributed by atoms with E-state index in [0.717, 1.165) is 0 Å². The van der Waals surface area contributed by atoms with E-state index in [1.807, 2.05) is 6.26 Å². The highest BCUT2D eigenvalue weighted by molar-refractivity contribution is 7.99. The number of ether oxygens (including phenoxy) is 1. The van der Waals surface area contributed by atoms with Crippen molar-refractivity contribution in [1.29, 1.82) is 0 Å². The molecule has 0 aliphatic carbocycles. The molecule has 0 amide bonds. The molecule has 0 rings (SSSR count). The highest BCUT2D eigenvalue weighted by Crippen LogP contribution is 1.94. The van der Waals surface area contributed by atoms with E-state index >= 15 is 0 Å². The first kappa shape index (κ1) is 8.98. The molecule has 0 aliphatic heterocycles. The highest BCUT2D eigenvalue weighted by Gasteiger charge is 1.97. The number of thioether (sulfide) groups is 1. The Bertz CT molecular complexity index is 83.1. The van der Waals surface area contributed by atoms with Crippen molar-refractivity contribution < 1.29 is 9.53 Å². The van der Waals surface area contributed by atoms with Crippen molar-refractivity contribution >= 4 is 17.5 Å². The molecule has 2 nitrogen and oxygen atoms in total. The predicted octanol–water partition coefficient (Wildman–Crippen LogP) is 0.955. The van der Waals surface area contributed by atoms with Gasteiger partial charge in [0.1, 0.15) is 5.78 Å². The molecule has 0 N–H and O–H groups in total. The van der Waals surface area contributed by atoms with Gasteiger partial charge in [-0.1, -0.05) is 0 Å². The summed E-state index contributed by atoms with van der Waals surface area (Å²) >= 11 is 1.56. The standard InChI is InChI=1S/C6H12O2S/c1-8-4-3-6(7)5-9-2/h3-5H2,1-2H3. The van der Waals surface area contributed by atoms with Crippen LogP contribution in [0.3, 0.4) is 0 Å². The number of ketones is 1. The molecule has 0 aromatic rings. The largest absolute Gasteiger partial charge is 0.384 e. The third-order valence-electron chi connectivity index (χ3n) is 0.890. The number of rotatable bonds is 5. The second kappa shape index (κ2) is 6.11. The molecule has 54 valence electrons. The third kappa shape index (κ3) is 5.86. The van der Waals surface area contributed by atoms with Gasteiger partial charge < -0.3 is 4.74 Å². The third-order valence-corrected chi connectivity index (χ3v) is 1.50. The molecule has 0 fully saturated rings. The fourth-order valence-electron chi connectivity index (χ4n) is 0.449. The Hall–Kier alpha value is -0.0200. The molecular weight excluding hydrogens is 136 g/mol. The van der Waals surface area contributed by atoms with Crippen LogP contribution >= 0.6 is 11.8 Å². The summed E-state index contributed by atoms with van der Waals surface area (Å²) in [6, 6.07) is 0. The van der Waals surface area contributed by atoms with Crippen LogP contribution in [0.25, 0.3) is 0 Å². The first-order chi connectivity index (χ1) is 4.31. The highest BCUT2D eigenvalue weighted by atomic mass is 32.2. The summed E-state index contributed by atoms with van der Waals surface area (Å²) in [6.07, 6.45) is 2.47. The molecule has 0 aromatic heterocycles. The molecule has 0 aliphatic rings. The number of hydrogen-bond acceptors (Lipinski definition) is 3. The fraction of sp³-hybridized carbons (Fsp3) is 0.833. The molecule has 0 heterocycles. The van der Waals surface area contributed by atoms with E-state index in [9.17, 15) is 4.79 Å². The Morgan fingerprint density at radius 3 is 2.78 bits per heavy atom. The molecule has 0 saturated heterocycles. The van der Waals surface area contributed by atoms with Crippen LogP contribution in [-0.2, 0) is 9.53 Å². The van der Waals surface area contributed by atoms with Crippen molar-refractivity contribution in [2.24, 2.45) is 0 Å². The Labute approximate surface area is 60.0 Å². The molecule has 0 spiro atoms. The first-order valence-electron chi connectivity index (χ1n) is 2.81. The van der Waals surface area contributed by atoms with Gasteiger partial charge in [0.15, 0.2) is 0 Å². The van der Waals surface area contributed by atoms with Gasteiger partial charge in [-0.15, -0.1) is 0 Å². The Morgan fingerprint density at radius 1 is 1.67 bits per heavy atom. The van der Waals surface area contributed by atoms with Crippen LogP contribution in [0.4, 0.5) is 0 Å². The predicted molar refractivity (Wildman–Crippen MR) is 39.9 cm³/mol. The van der Waals surface area contributed by atoms with Gasteiger partial charge in [-0.25, -0.2) is 0 Å². The van der Waals surface area contributed by atoms with E-state index < -0.39 is 0 Å². The summed E-state index contributed by atoms with van der Waals surface area (Å²) in [5.41, 5.74) is 0. The number of Topliss-reactive ketones (excluding diaryl/α,β-unsaturated/α-hetero) is 1. The molecule has 0 saturated carbocycles. The van der Waals surface area contributed by atoms with E-state index in [1.54, 1.807) is 18.9 Å². The molecular formula is C6H12O2S. The Kier molecular flexibility index (Phi) is 6.09. The van der Waals surface area contributed by atoms with Crippen LogP contribution in [0.5, 0.6) is 0 Å². The topological polar surface area (TPSA) is 26.3 Å². The zero-order valence-corrected chi connectivity index (χ0v) is 6.66. The number of methoxy groups -OCH3 is 1. The van der Waals surface area contributed by atoms with Gasteiger partial charge in [-0.3, -0.25) is 4.79 Å². The number of carbonyl (C=O) groups is 1. The molecule has 0 unspecified atom stereocenters. The lowest BCUT2D eigenvalue weighted by molar-refractivity contribution is -0.117. The second-order valence-electron chi connectivity index (χ2n) is 1.71. The first-order valence-corrected chi connectivity index (χ1v) is 4.20. The maximum absolute atomic E-state index is 10.7. The lowest BCUT2D eigenvalue weighted by Gasteiger charge is -1.95.